The lowest BCUT2D eigenvalue weighted by atomic mass is 9.62. The van der Waals surface area contributed by atoms with E-state index in [1.807, 2.05) is 13.8 Å². The van der Waals surface area contributed by atoms with Gasteiger partial charge in [0, 0.05) is 0 Å². The molecular formula is C23H32O5. The van der Waals surface area contributed by atoms with Crippen molar-refractivity contribution in [3.05, 3.63) is 35.4 Å². The number of phenols is 1. The molecular weight excluding hydrogens is 356 g/mol. The first-order valence-electron chi connectivity index (χ1n) is 10.0. The lowest BCUT2D eigenvalue weighted by Gasteiger charge is -2.45. The molecule has 1 aromatic carbocycles. The van der Waals surface area contributed by atoms with E-state index < -0.39 is 11.6 Å². The van der Waals surface area contributed by atoms with Gasteiger partial charge in [0.25, 0.3) is 0 Å². The zero-order chi connectivity index (χ0) is 20.7. The predicted molar refractivity (Wildman–Crippen MR) is 107 cm³/mol. The Kier molecular flexibility index (Phi) is 5.50. The smallest absolute Gasteiger partial charge is 0.338 e. The van der Waals surface area contributed by atoms with Crippen LogP contribution in [0.2, 0.25) is 0 Å². The van der Waals surface area contributed by atoms with Gasteiger partial charge in [-0.15, -0.1) is 0 Å². The first kappa shape index (κ1) is 20.7. The largest absolute Gasteiger partial charge is 0.504 e. The van der Waals surface area contributed by atoms with Crippen LogP contribution in [0.3, 0.4) is 0 Å². The number of carbonyl (C=O) groups excluding carboxylic acids is 1. The molecule has 0 aliphatic heterocycles. The normalized spacial score (nSPS) is 31.9. The number of hydrogen-bond acceptors (Lipinski definition) is 5. The highest BCUT2D eigenvalue weighted by Gasteiger charge is 2.49. The van der Waals surface area contributed by atoms with Crippen molar-refractivity contribution in [2.75, 3.05) is 7.11 Å². The van der Waals surface area contributed by atoms with Crippen LogP contribution in [0, 0.1) is 17.3 Å². The number of rotatable bonds is 3. The van der Waals surface area contributed by atoms with E-state index in [2.05, 4.69) is 19.9 Å². The fourth-order valence-electron chi connectivity index (χ4n) is 4.89. The van der Waals surface area contributed by atoms with E-state index in [-0.39, 0.29) is 34.7 Å². The van der Waals surface area contributed by atoms with Crippen molar-refractivity contribution in [2.45, 2.75) is 65.1 Å². The van der Waals surface area contributed by atoms with Gasteiger partial charge in [-0.05, 0) is 74.1 Å². The zero-order valence-electron chi connectivity index (χ0n) is 17.5. The predicted octanol–water partition coefficient (Wildman–Crippen LogP) is 4.47. The molecule has 0 aromatic heterocycles. The van der Waals surface area contributed by atoms with Gasteiger partial charge in [-0.3, -0.25) is 0 Å². The van der Waals surface area contributed by atoms with Crippen LogP contribution in [0.25, 0.3) is 0 Å². The fourth-order valence-corrected chi connectivity index (χ4v) is 4.89. The maximum absolute atomic E-state index is 12.7. The van der Waals surface area contributed by atoms with E-state index in [0.717, 1.165) is 24.8 Å². The number of methoxy groups -OCH3 is 1. The molecule has 154 valence electrons. The molecule has 0 spiro atoms. The first-order valence-corrected chi connectivity index (χ1v) is 10.0. The number of allylic oxidation sites excluding steroid dienone is 1. The maximum atomic E-state index is 12.7. The second-order valence-corrected chi connectivity index (χ2v) is 9.26. The molecule has 5 heteroatoms. The van der Waals surface area contributed by atoms with Crippen molar-refractivity contribution in [3.8, 4) is 11.5 Å². The number of fused-ring (bicyclic) bond motifs is 1. The molecule has 1 aromatic rings. The summed E-state index contributed by atoms with van der Waals surface area (Å²) >= 11 is 0. The Morgan fingerprint density at radius 3 is 2.57 bits per heavy atom. The third-order valence-electron chi connectivity index (χ3n) is 6.72. The zero-order valence-corrected chi connectivity index (χ0v) is 17.5. The number of hydrogen-bond donors (Lipinski definition) is 2. The van der Waals surface area contributed by atoms with E-state index in [4.69, 9.17) is 9.47 Å². The topological polar surface area (TPSA) is 76.0 Å². The van der Waals surface area contributed by atoms with Crippen LogP contribution in [0.15, 0.2) is 29.8 Å². The molecule has 0 heterocycles. The molecule has 0 radical (unpaired) electrons. The van der Waals surface area contributed by atoms with E-state index in [9.17, 15) is 15.0 Å². The molecule has 1 saturated carbocycles. The van der Waals surface area contributed by atoms with Gasteiger partial charge in [0.1, 0.15) is 6.10 Å². The standard InChI is InChI=1S/C23H32O5/c1-14-11-16-17(23(4,26)10-6-9-22(16,2)3)13-20(14)28-21(25)15-7-8-19(27-5)18(24)12-15/h7-8,11-12,16-17,20,24,26H,6,9-10,13H2,1-5H3/t16-,17-,20-,23+/m1/s1. The van der Waals surface area contributed by atoms with Crippen molar-refractivity contribution in [3.63, 3.8) is 0 Å². The molecule has 0 bridgehead atoms. The van der Waals surface area contributed by atoms with Crippen LogP contribution in [-0.2, 0) is 4.74 Å². The molecule has 2 N–H and O–H groups in total. The first-order chi connectivity index (χ1) is 13.0. The Bertz CT molecular complexity index is 777. The highest BCUT2D eigenvalue weighted by Crippen LogP contribution is 2.51. The van der Waals surface area contributed by atoms with Gasteiger partial charge in [-0.25, -0.2) is 4.79 Å². The average Bonchev–Trinajstić information content (AvgIpc) is 2.69. The van der Waals surface area contributed by atoms with Crippen LogP contribution in [-0.4, -0.2) is 35.0 Å². The van der Waals surface area contributed by atoms with Crippen molar-refractivity contribution < 1.29 is 24.5 Å². The number of esters is 1. The Hall–Kier alpha value is -2.01. The van der Waals surface area contributed by atoms with Gasteiger partial charge in [-0.1, -0.05) is 26.3 Å². The molecule has 2 aliphatic carbocycles. The van der Waals surface area contributed by atoms with Crippen LogP contribution >= 0.6 is 0 Å². The summed E-state index contributed by atoms with van der Waals surface area (Å²) in [4.78, 5) is 12.7. The summed E-state index contributed by atoms with van der Waals surface area (Å²) in [5.41, 5.74) is 0.626. The number of carbonyl (C=O) groups is 1. The SMILES string of the molecule is COc1ccc(C(=O)O[C@@H]2C[C@@H]3[C@@H](C=C2C)C(C)(C)CCC[C@]3(C)O)cc1O. The van der Waals surface area contributed by atoms with Gasteiger partial charge in [0.15, 0.2) is 11.5 Å². The van der Waals surface area contributed by atoms with Crippen molar-refractivity contribution in [1.29, 1.82) is 0 Å². The Morgan fingerprint density at radius 2 is 1.93 bits per heavy atom. The Labute approximate surface area is 167 Å². The van der Waals surface area contributed by atoms with Crippen molar-refractivity contribution in [2.24, 2.45) is 17.3 Å². The Balaban J connectivity index is 1.84. The number of aromatic hydroxyl groups is 1. The molecule has 4 atom stereocenters. The Morgan fingerprint density at radius 1 is 1.21 bits per heavy atom. The minimum Gasteiger partial charge on any atom is -0.504 e. The molecule has 0 unspecified atom stereocenters. The van der Waals surface area contributed by atoms with E-state index in [1.165, 1.54) is 13.2 Å². The van der Waals surface area contributed by atoms with Crippen molar-refractivity contribution >= 4 is 5.97 Å². The third-order valence-corrected chi connectivity index (χ3v) is 6.72. The summed E-state index contributed by atoms with van der Waals surface area (Å²) in [7, 11) is 1.46. The summed E-state index contributed by atoms with van der Waals surface area (Å²) in [6.07, 6.45) is 5.27. The monoisotopic (exact) mass is 388 g/mol. The molecule has 1 fully saturated rings. The van der Waals surface area contributed by atoms with E-state index in [0.29, 0.717) is 12.2 Å². The minimum atomic E-state index is -0.779. The van der Waals surface area contributed by atoms with Crippen LogP contribution < -0.4 is 4.74 Å². The molecule has 28 heavy (non-hydrogen) atoms. The third kappa shape index (κ3) is 3.90. The van der Waals surface area contributed by atoms with Crippen molar-refractivity contribution in [1.82, 2.24) is 0 Å². The summed E-state index contributed by atoms with van der Waals surface area (Å²) in [5, 5.41) is 21.0. The second kappa shape index (κ2) is 7.43. The molecule has 0 amide bonds. The van der Waals surface area contributed by atoms with E-state index >= 15 is 0 Å². The summed E-state index contributed by atoms with van der Waals surface area (Å²) in [6, 6.07) is 4.48. The number of phenolic OH excluding ortho intramolecular Hbond substituents is 1. The second-order valence-electron chi connectivity index (χ2n) is 9.26. The lowest BCUT2D eigenvalue weighted by molar-refractivity contribution is -0.0579. The van der Waals surface area contributed by atoms with Gasteiger partial charge < -0.3 is 19.7 Å². The maximum Gasteiger partial charge on any atom is 0.338 e. The van der Waals surface area contributed by atoms with Gasteiger partial charge in [-0.2, -0.15) is 0 Å². The molecule has 5 nitrogen and oxygen atoms in total. The van der Waals surface area contributed by atoms with Crippen LogP contribution in [0.4, 0.5) is 0 Å². The quantitative estimate of drug-likeness (QED) is 0.590. The highest BCUT2D eigenvalue weighted by molar-refractivity contribution is 5.90. The summed E-state index contributed by atoms with van der Waals surface area (Å²) < 4.78 is 10.8. The lowest BCUT2D eigenvalue weighted by Crippen LogP contribution is -2.46. The van der Waals surface area contributed by atoms with Crippen LogP contribution in [0.5, 0.6) is 11.5 Å². The van der Waals surface area contributed by atoms with Gasteiger partial charge in [0.05, 0.1) is 18.3 Å². The number of aliphatic hydroxyl groups is 1. The van der Waals surface area contributed by atoms with Crippen LogP contribution in [0.1, 0.15) is 63.7 Å². The molecule has 3 rings (SSSR count). The molecule has 0 saturated heterocycles. The summed E-state index contributed by atoms with van der Waals surface area (Å²) in [6.45, 7) is 8.45. The fraction of sp³-hybridized carbons (Fsp3) is 0.609. The number of benzene rings is 1. The van der Waals surface area contributed by atoms with E-state index in [1.54, 1.807) is 12.1 Å². The minimum absolute atomic E-state index is 0.0378. The number of ether oxygens (including phenoxy) is 2. The highest BCUT2D eigenvalue weighted by atomic mass is 16.5. The molecule has 2 aliphatic rings. The van der Waals surface area contributed by atoms with Gasteiger partial charge in [0.2, 0.25) is 0 Å². The van der Waals surface area contributed by atoms with Gasteiger partial charge >= 0.3 is 5.97 Å². The summed E-state index contributed by atoms with van der Waals surface area (Å²) in [5.74, 6) is 0.0219. The average molecular weight is 389 g/mol.